The highest BCUT2D eigenvalue weighted by Crippen LogP contribution is 2.39. The van der Waals surface area contributed by atoms with Gasteiger partial charge in [-0.25, -0.2) is 14.5 Å². The van der Waals surface area contributed by atoms with Gasteiger partial charge in [0.05, 0.1) is 10.7 Å². The van der Waals surface area contributed by atoms with Crippen molar-refractivity contribution in [1.82, 2.24) is 20.9 Å². The highest BCUT2D eigenvalue weighted by atomic mass is 35.6. The minimum atomic E-state index is -3.10. The molecule has 0 fully saturated rings. The summed E-state index contributed by atoms with van der Waals surface area (Å²) >= 11 is 29.1. The van der Waals surface area contributed by atoms with Gasteiger partial charge in [0.15, 0.2) is 13.2 Å². The lowest BCUT2D eigenvalue weighted by atomic mass is 10.2. The van der Waals surface area contributed by atoms with Crippen molar-refractivity contribution < 1.29 is 29.3 Å². The van der Waals surface area contributed by atoms with Crippen molar-refractivity contribution in [3.05, 3.63) is 39.9 Å². The summed E-state index contributed by atoms with van der Waals surface area (Å²) in [6.07, 6.45) is 0.0000772. The molecule has 0 amide bonds. The number of aromatic nitrogens is 3. The Morgan fingerprint density at radius 1 is 1.25 bits per heavy atom. The number of hydrogen-bond acceptors (Lipinski definition) is 7. The second-order valence-electron chi connectivity index (χ2n) is 6.08. The summed E-state index contributed by atoms with van der Waals surface area (Å²) < 4.78 is 9.73. The molecule has 0 aliphatic carbocycles. The second kappa shape index (κ2) is 12.4. The van der Waals surface area contributed by atoms with Crippen LogP contribution in [0.2, 0.25) is 10.0 Å². The molecule has 2 rings (SSSR count). The first-order valence-corrected chi connectivity index (χ1v) is 12.2. The number of aliphatic carboxylic acids is 1. The molecule has 0 saturated carbocycles. The molecule has 1 aromatic carbocycles. The molecular formula is C15H19Cl5N5O6P. The van der Waals surface area contributed by atoms with Crippen LogP contribution in [0.3, 0.4) is 0 Å². The van der Waals surface area contributed by atoms with Crippen LogP contribution in [0, 0.1) is 0 Å². The minimum absolute atomic E-state index is 0. The first-order chi connectivity index (χ1) is 14.0. The van der Waals surface area contributed by atoms with Gasteiger partial charge in [-0.05, 0) is 24.6 Å². The maximum atomic E-state index is 10.9. The molecule has 0 aliphatic heterocycles. The number of nitrogens with two attached hydrogens (primary N) is 1. The van der Waals surface area contributed by atoms with Gasteiger partial charge >= 0.3 is 11.9 Å². The number of rotatable bonds is 6. The number of halogens is 5. The zero-order chi connectivity index (χ0) is 24.1. The summed E-state index contributed by atoms with van der Waals surface area (Å²) in [6, 6.07) is 3.45. The SMILES string of the molecule is CP(=O)(O)CCC(N)C(=O)O.N.O=C(O)c1nc(C(Cl)(Cl)Cl)n(-c2ccc(Cl)cc2Cl)n1. The van der Waals surface area contributed by atoms with E-state index >= 15 is 0 Å². The van der Waals surface area contributed by atoms with Gasteiger partial charge in [0.2, 0.25) is 3.79 Å². The lowest BCUT2D eigenvalue weighted by molar-refractivity contribution is -0.138. The van der Waals surface area contributed by atoms with Crippen molar-refractivity contribution in [1.29, 1.82) is 0 Å². The molecule has 2 atom stereocenters. The van der Waals surface area contributed by atoms with Gasteiger partial charge in [-0.3, -0.25) is 9.36 Å². The smallest absolute Gasteiger partial charge is 0.375 e. The molecule has 180 valence electrons. The second-order valence-corrected chi connectivity index (χ2v) is 11.8. The first kappa shape index (κ1) is 30.9. The molecule has 0 aliphatic rings. The normalized spacial score (nSPS) is 13.8. The maximum Gasteiger partial charge on any atom is 0.375 e. The molecular weight excluding hydrogens is 554 g/mol. The largest absolute Gasteiger partial charge is 0.480 e. The molecule has 17 heteroatoms. The molecule has 2 aromatic rings. The molecule has 32 heavy (non-hydrogen) atoms. The lowest BCUT2D eigenvalue weighted by Crippen LogP contribution is -2.30. The van der Waals surface area contributed by atoms with Crippen molar-refractivity contribution in [2.24, 2.45) is 5.73 Å². The summed E-state index contributed by atoms with van der Waals surface area (Å²) in [7, 11) is -3.10. The average Bonchev–Trinajstić information content (AvgIpc) is 3.05. The number of nitrogens with zero attached hydrogens (tertiary/aromatic N) is 3. The van der Waals surface area contributed by atoms with E-state index in [0.29, 0.717) is 5.02 Å². The first-order valence-electron chi connectivity index (χ1n) is 8.03. The molecule has 1 heterocycles. The third-order valence-corrected chi connectivity index (χ3v) is 5.49. The summed E-state index contributed by atoms with van der Waals surface area (Å²) in [5, 5.41) is 21.6. The summed E-state index contributed by atoms with van der Waals surface area (Å²) in [5.74, 6) is -3.20. The van der Waals surface area contributed by atoms with Gasteiger partial charge in [-0.1, -0.05) is 58.0 Å². The molecule has 11 nitrogen and oxygen atoms in total. The summed E-state index contributed by atoms with van der Waals surface area (Å²) in [4.78, 5) is 33.5. The van der Waals surface area contributed by atoms with Gasteiger partial charge in [0, 0.05) is 17.8 Å². The van der Waals surface area contributed by atoms with Crippen LogP contribution in [-0.4, -0.2) is 60.7 Å². The van der Waals surface area contributed by atoms with Crippen LogP contribution < -0.4 is 11.9 Å². The highest BCUT2D eigenvalue weighted by Gasteiger charge is 2.33. The Bertz CT molecular complexity index is 1010. The van der Waals surface area contributed by atoms with E-state index in [9.17, 15) is 14.2 Å². The average molecular weight is 574 g/mol. The van der Waals surface area contributed by atoms with Crippen LogP contribution >= 0.6 is 65.4 Å². The third kappa shape index (κ3) is 9.78. The summed E-state index contributed by atoms with van der Waals surface area (Å²) in [5.41, 5.74) is 5.38. The standard InChI is InChI=1S/C10H4Cl5N3O2.C5H12NO4P.H3N/c11-4-1-2-6(5(12)3-4)18-9(10(13,14)15)16-7(17-18)8(19)20;1-11(9,10)3-2-4(6)5(7)8;/h1-3H,(H,19,20);4H,2-3,6H2,1H3,(H,7,8)(H,9,10);1H3. The van der Waals surface area contributed by atoms with E-state index in [1.54, 1.807) is 0 Å². The number of alkyl halides is 3. The minimum Gasteiger partial charge on any atom is -0.480 e. The van der Waals surface area contributed by atoms with E-state index in [4.69, 9.17) is 78.8 Å². The Hall–Kier alpha value is -1.14. The Balaban J connectivity index is 0.000000690. The van der Waals surface area contributed by atoms with Crippen molar-refractivity contribution in [3.63, 3.8) is 0 Å². The third-order valence-electron chi connectivity index (χ3n) is 3.36. The van der Waals surface area contributed by atoms with E-state index in [-0.39, 0.29) is 35.3 Å². The maximum absolute atomic E-state index is 10.9. The fraction of sp³-hybridized carbons (Fsp3) is 0.333. The van der Waals surface area contributed by atoms with E-state index in [2.05, 4.69) is 10.1 Å². The van der Waals surface area contributed by atoms with Crippen molar-refractivity contribution in [2.75, 3.05) is 12.8 Å². The van der Waals surface area contributed by atoms with Gasteiger partial charge in [-0.15, -0.1) is 5.10 Å². The number of aromatic carboxylic acids is 1. The van der Waals surface area contributed by atoms with E-state index < -0.39 is 35.0 Å². The Morgan fingerprint density at radius 3 is 2.22 bits per heavy atom. The molecule has 0 spiro atoms. The van der Waals surface area contributed by atoms with Crippen molar-refractivity contribution in [2.45, 2.75) is 16.3 Å². The van der Waals surface area contributed by atoms with Gasteiger partial charge < -0.3 is 27.0 Å². The lowest BCUT2D eigenvalue weighted by Gasteiger charge is -2.12. The monoisotopic (exact) mass is 571 g/mol. The van der Waals surface area contributed by atoms with Crippen LogP contribution in [0.5, 0.6) is 0 Å². The predicted octanol–water partition coefficient (Wildman–Crippen LogP) is 3.95. The summed E-state index contributed by atoms with van der Waals surface area (Å²) in [6.45, 7) is 1.18. The highest BCUT2D eigenvalue weighted by molar-refractivity contribution is 7.57. The van der Waals surface area contributed by atoms with E-state index in [1.165, 1.54) is 24.9 Å². The fourth-order valence-electron chi connectivity index (χ4n) is 1.91. The van der Waals surface area contributed by atoms with Crippen LogP contribution in [0.25, 0.3) is 5.69 Å². The Labute approximate surface area is 207 Å². The predicted molar refractivity (Wildman–Crippen MR) is 123 cm³/mol. The van der Waals surface area contributed by atoms with Crippen LogP contribution in [0.1, 0.15) is 22.9 Å². The molecule has 0 radical (unpaired) electrons. The number of hydrogen-bond donors (Lipinski definition) is 5. The van der Waals surface area contributed by atoms with E-state index in [0.717, 1.165) is 4.68 Å². The number of carbonyl (C=O) groups is 2. The zero-order valence-corrected chi connectivity index (χ0v) is 20.9. The molecule has 2 unspecified atom stereocenters. The van der Waals surface area contributed by atoms with Crippen LogP contribution in [-0.2, 0) is 13.2 Å². The molecule has 8 N–H and O–H groups in total. The van der Waals surface area contributed by atoms with Gasteiger partial charge in [0.25, 0.3) is 5.82 Å². The Morgan fingerprint density at radius 2 is 1.81 bits per heavy atom. The quantitative estimate of drug-likeness (QED) is 0.249. The number of benzene rings is 1. The van der Waals surface area contributed by atoms with Crippen molar-refractivity contribution >= 4 is 77.3 Å². The van der Waals surface area contributed by atoms with Crippen LogP contribution in [0.15, 0.2) is 18.2 Å². The van der Waals surface area contributed by atoms with Gasteiger partial charge in [0.1, 0.15) is 6.04 Å². The number of carboxylic acids is 2. The van der Waals surface area contributed by atoms with Gasteiger partial charge in [-0.2, -0.15) is 0 Å². The van der Waals surface area contributed by atoms with Crippen molar-refractivity contribution in [3.8, 4) is 5.69 Å². The Kier molecular flexibility index (Phi) is 11.9. The number of carboxylic acid groups (broad SMARTS) is 2. The molecule has 1 aromatic heterocycles. The van der Waals surface area contributed by atoms with E-state index in [1.807, 2.05) is 0 Å². The molecule has 0 bridgehead atoms. The molecule has 0 saturated heterocycles. The fourth-order valence-corrected chi connectivity index (χ4v) is 3.52. The topological polar surface area (TPSA) is 204 Å². The zero-order valence-electron chi connectivity index (χ0n) is 16.3. The van der Waals surface area contributed by atoms with Crippen LogP contribution in [0.4, 0.5) is 0 Å².